The Bertz CT molecular complexity index is 723. The van der Waals surface area contributed by atoms with Crippen LogP contribution in [0.4, 0.5) is 8.78 Å². The number of alkyl halides is 1. The summed E-state index contributed by atoms with van der Waals surface area (Å²) in [5, 5.41) is -0.529. The van der Waals surface area contributed by atoms with Gasteiger partial charge in [-0.1, -0.05) is 18.2 Å². The first kappa shape index (κ1) is 13.1. The van der Waals surface area contributed by atoms with E-state index in [0.29, 0.717) is 23.5 Å². The summed E-state index contributed by atoms with van der Waals surface area (Å²) in [7, 11) is 0. The second kappa shape index (κ2) is 5.21. The average molecular weight is 294 g/mol. The van der Waals surface area contributed by atoms with E-state index >= 15 is 0 Å². The highest BCUT2D eigenvalue weighted by Crippen LogP contribution is 2.27. The lowest BCUT2D eigenvalue weighted by Gasteiger charge is -2.07. The van der Waals surface area contributed by atoms with Crippen LogP contribution < -0.4 is 0 Å². The molecule has 1 unspecified atom stereocenters. The maximum atomic E-state index is 13.2. The molecule has 0 aliphatic heterocycles. The number of halogens is 3. The lowest BCUT2D eigenvalue weighted by molar-refractivity contribution is 0.504. The van der Waals surface area contributed by atoms with Crippen molar-refractivity contribution in [3.05, 3.63) is 65.6 Å². The minimum Gasteiger partial charge on any atom is -0.441 e. The largest absolute Gasteiger partial charge is 0.441 e. The van der Waals surface area contributed by atoms with Crippen LogP contribution in [0.3, 0.4) is 0 Å². The summed E-state index contributed by atoms with van der Waals surface area (Å²) in [6.07, 6.45) is 0.307. The van der Waals surface area contributed by atoms with Gasteiger partial charge in [-0.3, -0.25) is 0 Å². The van der Waals surface area contributed by atoms with E-state index in [0.717, 1.165) is 17.6 Å². The second-order valence-electron chi connectivity index (χ2n) is 4.42. The molecule has 0 spiro atoms. The van der Waals surface area contributed by atoms with Gasteiger partial charge >= 0.3 is 0 Å². The summed E-state index contributed by atoms with van der Waals surface area (Å²) in [5.74, 6) is -1.33. The second-order valence-corrected chi connectivity index (χ2v) is 4.95. The van der Waals surface area contributed by atoms with Gasteiger partial charge in [-0.2, -0.15) is 0 Å². The first-order valence-electron chi connectivity index (χ1n) is 6.07. The van der Waals surface area contributed by atoms with Crippen LogP contribution in [0.5, 0.6) is 0 Å². The number of nitrogens with zero attached hydrogens (tertiary/aromatic N) is 1. The molecular formula is C15H10ClF2NO. The van der Waals surface area contributed by atoms with Gasteiger partial charge in [0.05, 0.1) is 5.38 Å². The first-order valence-corrected chi connectivity index (χ1v) is 6.50. The molecular weight excluding hydrogens is 284 g/mol. The van der Waals surface area contributed by atoms with E-state index < -0.39 is 17.0 Å². The number of aromatic nitrogens is 1. The topological polar surface area (TPSA) is 26.0 Å². The fourth-order valence-electron chi connectivity index (χ4n) is 1.99. The molecule has 3 aromatic rings. The van der Waals surface area contributed by atoms with Crippen LogP contribution in [-0.2, 0) is 6.42 Å². The molecule has 0 amide bonds. The Morgan fingerprint density at radius 1 is 1.10 bits per heavy atom. The van der Waals surface area contributed by atoms with Crippen LogP contribution in [0, 0.1) is 11.6 Å². The van der Waals surface area contributed by atoms with Crippen molar-refractivity contribution in [1.29, 1.82) is 0 Å². The summed E-state index contributed by atoms with van der Waals surface area (Å²) in [6, 6.07) is 11.0. The van der Waals surface area contributed by atoms with E-state index in [4.69, 9.17) is 16.0 Å². The molecule has 0 aliphatic carbocycles. The van der Waals surface area contributed by atoms with Gasteiger partial charge in [0.25, 0.3) is 0 Å². The van der Waals surface area contributed by atoms with Crippen molar-refractivity contribution in [2.45, 2.75) is 11.8 Å². The number of fused-ring (bicyclic) bond motifs is 1. The van der Waals surface area contributed by atoms with E-state index in [1.54, 1.807) is 0 Å². The highest BCUT2D eigenvalue weighted by molar-refractivity contribution is 6.20. The van der Waals surface area contributed by atoms with E-state index in [9.17, 15) is 8.78 Å². The summed E-state index contributed by atoms with van der Waals surface area (Å²) < 4.78 is 31.6. The third-order valence-electron chi connectivity index (χ3n) is 3.00. The highest BCUT2D eigenvalue weighted by atomic mass is 35.5. The van der Waals surface area contributed by atoms with Crippen LogP contribution in [0.15, 0.2) is 46.9 Å². The van der Waals surface area contributed by atoms with Crippen molar-refractivity contribution >= 4 is 22.7 Å². The van der Waals surface area contributed by atoms with E-state index in [-0.39, 0.29) is 0 Å². The quantitative estimate of drug-likeness (QED) is 0.658. The Hall–Kier alpha value is -1.94. The Kier molecular flexibility index (Phi) is 3.40. The Morgan fingerprint density at radius 2 is 1.90 bits per heavy atom. The van der Waals surface area contributed by atoms with Gasteiger partial charge in [0, 0.05) is 6.42 Å². The molecule has 0 bridgehead atoms. The lowest BCUT2D eigenvalue weighted by atomic mass is 10.1. The molecule has 1 heterocycles. The molecule has 5 heteroatoms. The third-order valence-corrected chi connectivity index (χ3v) is 3.40. The number of rotatable bonds is 3. The molecule has 1 atom stereocenters. The predicted octanol–water partition coefficient (Wildman–Crippen LogP) is 4.63. The van der Waals surface area contributed by atoms with E-state index in [2.05, 4.69) is 4.98 Å². The van der Waals surface area contributed by atoms with Crippen molar-refractivity contribution in [2.24, 2.45) is 0 Å². The standard InChI is InChI=1S/C15H10ClF2NO/c16-10(9-5-6-11(17)12(18)7-9)8-15-19-13-3-1-2-4-14(13)20-15/h1-7,10H,8H2. The highest BCUT2D eigenvalue weighted by Gasteiger charge is 2.15. The molecule has 0 saturated carbocycles. The number of hydrogen-bond acceptors (Lipinski definition) is 2. The molecule has 0 N–H and O–H groups in total. The van der Waals surface area contributed by atoms with Gasteiger partial charge in [-0.15, -0.1) is 11.6 Å². The summed E-state index contributed by atoms with van der Waals surface area (Å²) >= 11 is 6.20. The summed E-state index contributed by atoms with van der Waals surface area (Å²) in [5.41, 5.74) is 1.92. The van der Waals surface area contributed by atoms with Crippen molar-refractivity contribution in [3.63, 3.8) is 0 Å². The van der Waals surface area contributed by atoms with Gasteiger partial charge < -0.3 is 4.42 Å². The molecule has 0 saturated heterocycles. The maximum absolute atomic E-state index is 13.2. The van der Waals surface area contributed by atoms with Gasteiger partial charge in [-0.25, -0.2) is 13.8 Å². The smallest absolute Gasteiger partial charge is 0.197 e. The Balaban J connectivity index is 1.84. The zero-order valence-electron chi connectivity index (χ0n) is 10.3. The Morgan fingerprint density at radius 3 is 2.65 bits per heavy atom. The van der Waals surface area contributed by atoms with Gasteiger partial charge in [0.1, 0.15) is 5.52 Å². The van der Waals surface area contributed by atoms with Crippen molar-refractivity contribution in [3.8, 4) is 0 Å². The summed E-state index contributed by atoms with van der Waals surface area (Å²) in [4.78, 5) is 4.30. The predicted molar refractivity (Wildman–Crippen MR) is 72.7 cm³/mol. The molecule has 0 radical (unpaired) electrons. The molecule has 102 valence electrons. The van der Waals surface area contributed by atoms with Crippen LogP contribution in [0.1, 0.15) is 16.8 Å². The zero-order chi connectivity index (χ0) is 14.1. The number of benzene rings is 2. The number of hydrogen-bond donors (Lipinski definition) is 0. The van der Waals surface area contributed by atoms with Crippen LogP contribution in [0.2, 0.25) is 0 Å². The normalized spacial score (nSPS) is 12.8. The SMILES string of the molecule is Fc1ccc(C(Cl)Cc2nc3ccccc3o2)cc1F. The third kappa shape index (κ3) is 2.51. The molecule has 20 heavy (non-hydrogen) atoms. The van der Waals surface area contributed by atoms with Crippen LogP contribution in [0.25, 0.3) is 11.1 Å². The van der Waals surface area contributed by atoms with Gasteiger partial charge in [0.2, 0.25) is 0 Å². The van der Waals surface area contributed by atoms with Crippen LogP contribution >= 0.6 is 11.6 Å². The Labute approximate surface area is 119 Å². The average Bonchev–Trinajstić information content (AvgIpc) is 2.83. The van der Waals surface area contributed by atoms with E-state index in [1.807, 2.05) is 24.3 Å². The summed E-state index contributed by atoms with van der Waals surface area (Å²) in [6.45, 7) is 0. The van der Waals surface area contributed by atoms with E-state index in [1.165, 1.54) is 6.07 Å². The monoisotopic (exact) mass is 293 g/mol. The lowest BCUT2D eigenvalue weighted by Crippen LogP contribution is -1.98. The maximum Gasteiger partial charge on any atom is 0.197 e. The number of para-hydroxylation sites is 2. The fraction of sp³-hybridized carbons (Fsp3) is 0.133. The molecule has 2 nitrogen and oxygen atoms in total. The molecule has 0 fully saturated rings. The van der Waals surface area contributed by atoms with Crippen LogP contribution in [-0.4, -0.2) is 4.98 Å². The van der Waals surface area contributed by atoms with Gasteiger partial charge in [0.15, 0.2) is 23.1 Å². The van der Waals surface area contributed by atoms with Crippen molar-refractivity contribution < 1.29 is 13.2 Å². The molecule has 0 aliphatic rings. The zero-order valence-corrected chi connectivity index (χ0v) is 11.1. The van der Waals surface area contributed by atoms with Gasteiger partial charge in [-0.05, 0) is 29.8 Å². The number of oxazole rings is 1. The first-order chi connectivity index (χ1) is 9.63. The van der Waals surface area contributed by atoms with Crippen molar-refractivity contribution in [2.75, 3.05) is 0 Å². The van der Waals surface area contributed by atoms with Crippen molar-refractivity contribution in [1.82, 2.24) is 4.98 Å². The minimum absolute atomic E-state index is 0.307. The minimum atomic E-state index is -0.911. The molecule has 2 aromatic carbocycles. The fourth-order valence-corrected chi connectivity index (χ4v) is 2.25. The molecule has 3 rings (SSSR count). The molecule has 1 aromatic heterocycles.